The van der Waals surface area contributed by atoms with E-state index in [9.17, 15) is 24.0 Å². The van der Waals surface area contributed by atoms with Gasteiger partial charge in [0.1, 0.15) is 12.3 Å². The minimum atomic E-state index is -0.745. The van der Waals surface area contributed by atoms with Crippen molar-refractivity contribution in [3.05, 3.63) is 111 Å². The first kappa shape index (κ1) is 28.4. The van der Waals surface area contributed by atoms with Crippen LogP contribution in [-0.4, -0.2) is 46.0 Å². The molecule has 3 amide bonds. The Morgan fingerprint density at radius 2 is 1.61 bits per heavy atom. The van der Waals surface area contributed by atoms with E-state index in [0.29, 0.717) is 12.0 Å². The number of esters is 1. The molecule has 0 unspecified atom stereocenters. The molecule has 1 heterocycles. The van der Waals surface area contributed by atoms with Gasteiger partial charge >= 0.3 is 5.97 Å². The van der Waals surface area contributed by atoms with Gasteiger partial charge in [0.15, 0.2) is 5.78 Å². The van der Waals surface area contributed by atoms with Gasteiger partial charge in [-0.25, -0.2) is 9.80 Å². The third-order valence-electron chi connectivity index (χ3n) is 7.19. The van der Waals surface area contributed by atoms with E-state index in [0.717, 1.165) is 14.5 Å². The van der Waals surface area contributed by atoms with Crippen LogP contribution in [0.15, 0.2) is 89.4 Å². The third-order valence-corrected chi connectivity index (χ3v) is 8.05. The van der Waals surface area contributed by atoms with Gasteiger partial charge in [-0.1, -0.05) is 58.7 Å². The third kappa shape index (κ3) is 5.73. The molecule has 10 heteroatoms. The number of ketones is 1. The minimum absolute atomic E-state index is 0.0545. The number of rotatable bonds is 7. The van der Waals surface area contributed by atoms with Crippen molar-refractivity contribution in [2.24, 2.45) is 17.8 Å². The first-order valence-corrected chi connectivity index (χ1v) is 14.0. The zero-order valence-electron chi connectivity index (χ0n) is 21.8. The maximum absolute atomic E-state index is 13.7. The predicted molar refractivity (Wildman–Crippen MR) is 154 cm³/mol. The fourth-order valence-corrected chi connectivity index (χ4v) is 5.54. The summed E-state index contributed by atoms with van der Waals surface area (Å²) in [4.78, 5) is 66.5. The normalized spacial score (nSPS) is 19.6. The van der Waals surface area contributed by atoms with Crippen molar-refractivity contribution in [2.75, 3.05) is 6.54 Å². The fourth-order valence-electron chi connectivity index (χ4n) is 5.06. The molecule has 0 bridgehead atoms. The molecular weight excluding hydrogens is 612 g/mol. The van der Waals surface area contributed by atoms with Crippen molar-refractivity contribution in [1.82, 2.24) is 10.0 Å². The van der Waals surface area contributed by atoms with Gasteiger partial charge < -0.3 is 4.74 Å². The molecule has 3 aromatic carbocycles. The fraction of sp³-hybridized carbons (Fsp3) is 0.194. The number of hydrazine groups is 1. The maximum Gasteiger partial charge on any atom is 0.343 e. The Bertz CT molecular complexity index is 1570. The molecule has 0 radical (unpaired) electrons. The second-order valence-corrected chi connectivity index (χ2v) is 11.2. The van der Waals surface area contributed by atoms with Gasteiger partial charge in [0.05, 0.1) is 28.0 Å². The lowest BCUT2D eigenvalue weighted by Crippen LogP contribution is -2.52. The highest BCUT2D eigenvalue weighted by Crippen LogP contribution is 2.39. The lowest BCUT2D eigenvalue weighted by Gasteiger charge is -2.30. The van der Waals surface area contributed by atoms with Crippen LogP contribution in [0.25, 0.3) is 0 Å². The van der Waals surface area contributed by atoms with Crippen LogP contribution in [0.3, 0.4) is 0 Å². The van der Waals surface area contributed by atoms with Crippen LogP contribution >= 0.6 is 27.5 Å². The molecule has 1 saturated heterocycles. The highest BCUT2D eigenvalue weighted by Gasteiger charge is 2.53. The summed E-state index contributed by atoms with van der Waals surface area (Å²) < 4.78 is 6.21. The number of carbonyl (C=O) groups excluding carboxylic acids is 5. The molecule has 41 heavy (non-hydrogen) atoms. The van der Waals surface area contributed by atoms with Crippen molar-refractivity contribution in [3.63, 3.8) is 0 Å². The van der Waals surface area contributed by atoms with Crippen LogP contribution in [0.4, 0.5) is 0 Å². The molecule has 1 fully saturated rings. The number of hydrogen-bond donors (Lipinski definition) is 0. The first-order valence-electron chi connectivity index (χ1n) is 12.9. The maximum atomic E-state index is 13.7. The van der Waals surface area contributed by atoms with Crippen LogP contribution in [0.1, 0.15) is 44.4 Å². The van der Waals surface area contributed by atoms with Gasteiger partial charge in [-0.3, -0.25) is 19.2 Å². The lowest BCUT2D eigenvalue weighted by molar-refractivity contribution is -0.154. The van der Waals surface area contributed by atoms with Crippen molar-refractivity contribution in [2.45, 2.75) is 13.3 Å². The highest BCUT2D eigenvalue weighted by atomic mass is 79.9. The molecule has 3 atom stereocenters. The van der Waals surface area contributed by atoms with Gasteiger partial charge in [0.25, 0.3) is 17.7 Å². The summed E-state index contributed by atoms with van der Waals surface area (Å²) in [7, 11) is 0. The Labute approximate surface area is 249 Å². The van der Waals surface area contributed by atoms with E-state index in [4.69, 9.17) is 16.3 Å². The van der Waals surface area contributed by atoms with Crippen LogP contribution in [-0.2, 0) is 9.59 Å². The van der Waals surface area contributed by atoms with Gasteiger partial charge in [-0.15, -0.1) is 0 Å². The Morgan fingerprint density at radius 3 is 2.27 bits per heavy atom. The number of amides is 3. The summed E-state index contributed by atoms with van der Waals surface area (Å²) in [6.07, 6.45) is 4.11. The number of halogens is 2. The number of nitrogens with zero attached hydrogens (tertiary/aromatic N) is 2. The highest BCUT2D eigenvalue weighted by molar-refractivity contribution is 9.10. The first-order chi connectivity index (χ1) is 19.7. The van der Waals surface area contributed by atoms with Crippen molar-refractivity contribution < 1.29 is 28.7 Å². The second-order valence-electron chi connectivity index (χ2n) is 9.83. The molecule has 0 spiro atoms. The molecule has 1 aliphatic carbocycles. The summed E-state index contributed by atoms with van der Waals surface area (Å²) >= 11 is 9.59. The standard InChI is InChI=1S/C31H24BrClN2O6/c1-18-5-4-7-24-27(18)30(39)35(29(24)38)34(28(37)23-6-2-3-8-25(23)33)17-26(36)19-11-15-22(16-12-19)41-31(40)20-9-13-21(32)14-10-20/h2-6,8-16,18,24,27H,7,17H2,1H3/t18-,24+,27+/m1/s1. The average molecular weight is 636 g/mol. The molecular formula is C31H24BrClN2O6. The lowest BCUT2D eigenvalue weighted by atomic mass is 9.78. The molecule has 0 N–H and O–H groups in total. The van der Waals surface area contributed by atoms with E-state index in [1.165, 1.54) is 36.4 Å². The van der Waals surface area contributed by atoms with Crippen LogP contribution in [0, 0.1) is 17.8 Å². The molecule has 0 aromatic heterocycles. The second kappa shape index (κ2) is 11.8. The number of hydrogen-bond acceptors (Lipinski definition) is 6. The molecule has 0 saturated carbocycles. The summed E-state index contributed by atoms with van der Waals surface area (Å²) in [5.74, 6) is -4.11. The Hall–Kier alpha value is -4.08. The van der Waals surface area contributed by atoms with E-state index in [1.54, 1.807) is 36.4 Å². The summed E-state index contributed by atoms with van der Waals surface area (Å²) in [6, 6.07) is 18.7. The summed E-state index contributed by atoms with van der Waals surface area (Å²) in [5, 5.41) is 1.83. The smallest absolute Gasteiger partial charge is 0.343 e. The zero-order valence-corrected chi connectivity index (χ0v) is 24.2. The SMILES string of the molecule is C[C@@H]1C=CC[C@@H]2C(=O)N(N(CC(=O)c3ccc(OC(=O)c4ccc(Br)cc4)cc3)C(=O)c3ccccc3Cl)C(=O)[C@@H]12. The molecule has 3 aromatic rings. The van der Waals surface area contributed by atoms with Crippen LogP contribution in [0.2, 0.25) is 5.02 Å². The molecule has 5 rings (SSSR count). The number of fused-ring (bicyclic) bond motifs is 1. The van der Waals surface area contributed by atoms with Crippen molar-refractivity contribution in [3.8, 4) is 5.75 Å². The van der Waals surface area contributed by atoms with Gasteiger partial charge in [-0.05, 0) is 73.0 Å². The van der Waals surface area contributed by atoms with Gasteiger partial charge in [-0.2, -0.15) is 5.01 Å². The topological polar surface area (TPSA) is 101 Å². The largest absolute Gasteiger partial charge is 0.423 e. The number of allylic oxidation sites excluding steroid dienone is 2. The van der Waals surface area contributed by atoms with E-state index in [2.05, 4.69) is 15.9 Å². The summed E-state index contributed by atoms with van der Waals surface area (Å²) in [6.45, 7) is 1.26. The monoisotopic (exact) mass is 634 g/mol. The van der Waals surface area contributed by atoms with Crippen molar-refractivity contribution in [1.29, 1.82) is 0 Å². The number of imide groups is 1. The zero-order chi connectivity index (χ0) is 29.3. The number of ether oxygens (including phenoxy) is 1. The summed E-state index contributed by atoms with van der Waals surface area (Å²) in [5.41, 5.74) is 0.600. The van der Waals surface area contributed by atoms with E-state index < -0.39 is 47.9 Å². The molecule has 2 aliphatic rings. The van der Waals surface area contributed by atoms with E-state index in [1.807, 2.05) is 19.1 Å². The van der Waals surface area contributed by atoms with Crippen LogP contribution < -0.4 is 4.74 Å². The van der Waals surface area contributed by atoms with Gasteiger partial charge in [0.2, 0.25) is 0 Å². The Morgan fingerprint density at radius 1 is 0.951 bits per heavy atom. The van der Waals surface area contributed by atoms with Crippen molar-refractivity contribution >= 4 is 57.0 Å². The Balaban J connectivity index is 1.39. The number of benzene rings is 3. The molecule has 208 valence electrons. The van der Waals surface area contributed by atoms with Gasteiger partial charge in [0, 0.05) is 10.0 Å². The quantitative estimate of drug-likeness (QED) is 0.108. The minimum Gasteiger partial charge on any atom is -0.423 e. The number of Topliss-reactive ketones (excluding diaryl/α,β-unsaturated/α-hetero) is 1. The molecule has 8 nitrogen and oxygen atoms in total. The van der Waals surface area contributed by atoms with E-state index in [-0.39, 0.29) is 27.8 Å². The average Bonchev–Trinajstić information content (AvgIpc) is 3.22. The molecule has 1 aliphatic heterocycles. The Kier molecular flexibility index (Phi) is 8.19. The van der Waals surface area contributed by atoms with E-state index >= 15 is 0 Å². The van der Waals surface area contributed by atoms with Crippen LogP contribution in [0.5, 0.6) is 5.75 Å². The predicted octanol–water partition coefficient (Wildman–Crippen LogP) is 5.76. The number of carbonyl (C=O) groups is 5.